The summed E-state index contributed by atoms with van der Waals surface area (Å²) in [7, 11) is -2.25. The Morgan fingerprint density at radius 3 is 2.45 bits per heavy atom. The fourth-order valence-corrected chi connectivity index (χ4v) is 9.71. The number of aromatic nitrogens is 2. The number of carbonyl (C=O) groups excluding carboxylic acids is 3. The second kappa shape index (κ2) is 15.7. The van der Waals surface area contributed by atoms with Crippen molar-refractivity contribution < 1.29 is 38.1 Å². The summed E-state index contributed by atoms with van der Waals surface area (Å²) in [5.74, 6) is 0.0175. The summed E-state index contributed by atoms with van der Waals surface area (Å²) in [6.07, 6.45) is 3.97. The van der Waals surface area contributed by atoms with Crippen LogP contribution in [0, 0.1) is 5.41 Å². The van der Waals surface area contributed by atoms with Gasteiger partial charge in [-0.15, -0.1) is 11.3 Å². The number of nitrogens with zero attached hydrogens (tertiary/aromatic N) is 3. The van der Waals surface area contributed by atoms with Crippen LogP contribution in [0.1, 0.15) is 80.1 Å². The van der Waals surface area contributed by atoms with Crippen molar-refractivity contribution in [2.24, 2.45) is 5.41 Å². The van der Waals surface area contributed by atoms with Gasteiger partial charge in [-0.25, -0.2) is 14.8 Å². The molecule has 0 bridgehead atoms. The molecule has 1 saturated heterocycles. The average molecular weight is 797 g/mol. The molecule has 2 unspecified atom stereocenters. The summed E-state index contributed by atoms with van der Waals surface area (Å²) < 4.78 is 31.0. The van der Waals surface area contributed by atoms with Crippen LogP contribution in [-0.2, 0) is 18.9 Å². The number of methoxy groups -OCH3 is 1. The lowest BCUT2D eigenvalue weighted by Gasteiger charge is -2.35. The third-order valence-corrected chi connectivity index (χ3v) is 13.2. The number of carbonyl (C=O) groups is 3. The number of hydrogen-bond acceptors (Lipinski definition) is 11. The molecule has 5 atom stereocenters. The first-order chi connectivity index (χ1) is 25.9. The van der Waals surface area contributed by atoms with E-state index in [4.69, 9.17) is 24.2 Å². The summed E-state index contributed by atoms with van der Waals surface area (Å²) in [4.78, 5) is 63.9. The Balaban J connectivity index is 1.34. The monoisotopic (exact) mass is 796 g/mol. The number of hydrogen-bond donors (Lipinski definition) is 4. The Kier molecular flexibility index (Phi) is 11.6. The van der Waals surface area contributed by atoms with Gasteiger partial charge in [0, 0.05) is 48.4 Å². The molecule has 0 radical (unpaired) electrons. The van der Waals surface area contributed by atoms with E-state index in [1.165, 1.54) is 22.9 Å². The number of thiazole rings is 1. The SMILES string of the molecule is C/C=C1/C[C@]1(NC(=O)[C@@H]1CC(Oc2cc(-c3csc(NC(C)C)n3)nc3cc(OC)ccc23)CN1C(=O)[C@@H](NC(=O)OC1CCCC1)C(C)(C)C)P(C)(=O)O. The molecule has 3 aliphatic rings. The van der Waals surface area contributed by atoms with Crippen molar-refractivity contribution in [3.63, 3.8) is 0 Å². The van der Waals surface area contributed by atoms with E-state index in [-0.39, 0.29) is 31.5 Å². The zero-order valence-corrected chi connectivity index (χ0v) is 34.5. The van der Waals surface area contributed by atoms with Gasteiger partial charge in [0.2, 0.25) is 19.2 Å². The van der Waals surface area contributed by atoms with Crippen LogP contribution >= 0.6 is 18.7 Å². The third kappa shape index (κ3) is 8.79. The minimum absolute atomic E-state index is 0.00367. The smallest absolute Gasteiger partial charge is 0.408 e. The van der Waals surface area contributed by atoms with Gasteiger partial charge in [-0.05, 0) is 69.6 Å². The van der Waals surface area contributed by atoms with E-state index >= 15 is 0 Å². The van der Waals surface area contributed by atoms with Crippen molar-refractivity contribution in [1.82, 2.24) is 25.5 Å². The van der Waals surface area contributed by atoms with E-state index in [2.05, 4.69) is 16.0 Å². The molecule has 2 saturated carbocycles. The lowest BCUT2D eigenvalue weighted by atomic mass is 9.85. The highest BCUT2D eigenvalue weighted by Gasteiger charge is 2.61. The summed E-state index contributed by atoms with van der Waals surface area (Å²) in [5.41, 5.74) is 1.71. The first-order valence-corrected chi connectivity index (χ1v) is 21.8. The number of amides is 3. The molecule has 3 aromatic rings. The zero-order valence-electron chi connectivity index (χ0n) is 32.8. The van der Waals surface area contributed by atoms with E-state index in [1.54, 1.807) is 32.2 Å². The zero-order chi connectivity index (χ0) is 39.9. The molecule has 2 aliphatic carbocycles. The maximum atomic E-state index is 14.6. The van der Waals surface area contributed by atoms with Gasteiger partial charge in [-0.3, -0.25) is 14.2 Å². The summed E-state index contributed by atoms with van der Waals surface area (Å²) in [6.45, 7) is 12.6. The Bertz CT molecular complexity index is 2020. The number of anilines is 1. The van der Waals surface area contributed by atoms with Crippen LogP contribution in [-0.4, -0.2) is 93.6 Å². The highest BCUT2D eigenvalue weighted by Crippen LogP contribution is 2.66. The molecule has 2 aromatic heterocycles. The largest absolute Gasteiger partial charge is 0.497 e. The van der Waals surface area contributed by atoms with E-state index in [0.29, 0.717) is 39.4 Å². The minimum Gasteiger partial charge on any atom is -0.497 e. The molecule has 3 amide bonds. The van der Waals surface area contributed by atoms with E-state index in [1.807, 2.05) is 52.1 Å². The average Bonchev–Trinajstić information content (AvgIpc) is 3.50. The van der Waals surface area contributed by atoms with Gasteiger partial charge in [0.25, 0.3) is 0 Å². The number of fused-ring (bicyclic) bond motifs is 1. The van der Waals surface area contributed by atoms with Crippen molar-refractivity contribution in [1.29, 1.82) is 0 Å². The molecule has 14 nitrogen and oxygen atoms in total. The number of alkyl carbamates (subject to hydrolysis) is 1. The molecule has 298 valence electrons. The van der Waals surface area contributed by atoms with Crippen molar-refractivity contribution in [2.45, 2.75) is 116 Å². The Morgan fingerprint density at radius 1 is 1.11 bits per heavy atom. The van der Waals surface area contributed by atoms with Crippen LogP contribution in [0.25, 0.3) is 22.3 Å². The highest BCUT2D eigenvalue weighted by molar-refractivity contribution is 7.59. The van der Waals surface area contributed by atoms with Crippen LogP contribution in [0.3, 0.4) is 0 Å². The number of pyridine rings is 1. The maximum Gasteiger partial charge on any atom is 0.408 e. The fraction of sp³-hybridized carbons (Fsp3) is 0.564. The number of benzene rings is 1. The Labute approximate surface area is 326 Å². The topological polar surface area (TPSA) is 181 Å². The minimum atomic E-state index is -3.83. The molecule has 3 fully saturated rings. The Morgan fingerprint density at radius 2 is 1.84 bits per heavy atom. The van der Waals surface area contributed by atoms with Gasteiger partial charge in [0.1, 0.15) is 46.8 Å². The highest BCUT2D eigenvalue weighted by atomic mass is 32.1. The molecule has 3 heterocycles. The van der Waals surface area contributed by atoms with Crippen LogP contribution in [0.2, 0.25) is 0 Å². The van der Waals surface area contributed by atoms with Crippen molar-refractivity contribution in [3.05, 3.63) is 41.3 Å². The number of rotatable bonds is 12. The fourth-order valence-electron chi connectivity index (χ4n) is 7.42. The lowest BCUT2D eigenvalue weighted by Crippen LogP contribution is -2.58. The van der Waals surface area contributed by atoms with Gasteiger partial charge in [-0.2, -0.15) is 0 Å². The molecule has 4 N–H and O–H groups in total. The first-order valence-electron chi connectivity index (χ1n) is 18.9. The second-order valence-electron chi connectivity index (χ2n) is 16.2. The van der Waals surface area contributed by atoms with Gasteiger partial charge in [-0.1, -0.05) is 26.8 Å². The number of allylic oxidation sites excluding steroid dienone is 1. The van der Waals surface area contributed by atoms with Crippen LogP contribution in [0.15, 0.2) is 41.3 Å². The summed E-state index contributed by atoms with van der Waals surface area (Å²) in [6, 6.07) is 5.33. The molecule has 6 rings (SSSR count). The van der Waals surface area contributed by atoms with Gasteiger partial charge in [0.15, 0.2) is 5.13 Å². The summed E-state index contributed by atoms with van der Waals surface area (Å²) >= 11 is 1.46. The lowest BCUT2D eigenvalue weighted by molar-refractivity contribution is -0.142. The molecule has 55 heavy (non-hydrogen) atoms. The van der Waals surface area contributed by atoms with Gasteiger partial charge in [0.05, 0.1) is 24.9 Å². The predicted molar refractivity (Wildman–Crippen MR) is 213 cm³/mol. The van der Waals surface area contributed by atoms with Gasteiger partial charge < -0.3 is 40.0 Å². The standard InChI is InChI=1S/C39H53N6O8PS/c1-9-23-19-39(23,54(8,49)50)44-34(46)31-17-26(20-45(31)35(47)33(38(4,5)6)43-37(48)53-24-12-10-11-13-24)52-32-18-29(30-21-55-36(42-30)40-22(2)3)41-28-16-25(51-7)14-15-27(28)32/h9,14-16,18,21-22,24,26,31,33H,10-13,17,19-20H2,1-8H3,(H,40,42)(H,43,48)(H,44,46)(H,49,50)/b23-9-/t26?,31-,33+,39-/m0/s1. The van der Waals surface area contributed by atoms with Crippen molar-refractivity contribution in [3.8, 4) is 22.9 Å². The molecule has 0 spiro atoms. The molecule has 1 aromatic carbocycles. The molecule has 1 aliphatic heterocycles. The first kappa shape index (κ1) is 40.5. The van der Waals surface area contributed by atoms with Crippen molar-refractivity contribution >= 4 is 52.6 Å². The predicted octanol–water partition coefficient (Wildman–Crippen LogP) is 6.68. The Hall–Kier alpha value is -4.20. The van der Waals surface area contributed by atoms with Crippen LogP contribution < -0.4 is 25.4 Å². The quantitative estimate of drug-likeness (QED) is 0.113. The number of ether oxygens (including phenoxy) is 3. The molecule has 16 heteroatoms. The normalized spacial score (nSPS) is 23.7. The maximum absolute atomic E-state index is 14.6. The van der Waals surface area contributed by atoms with Crippen LogP contribution in [0.4, 0.5) is 9.93 Å². The third-order valence-electron chi connectivity index (χ3n) is 10.5. The van der Waals surface area contributed by atoms with Gasteiger partial charge >= 0.3 is 6.09 Å². The molecular weight excluding hydrogens is 744 g/mol. The van der Waals surface area contributed by atoms with Crippen molar-refractivity contribution in [2.75, 3.05) is 25.6 Å². The number of nitrogens with one attached hydrogen (secondary N) is 3. The van der Waals surface area contributed by atoms with Crippen LogP contribution in [0.5, 0.6) is 11.5 Å². The summed E-state index contributed by atoms with van der Waals surface area (Å²) in [5, 5.41) is 10.9. The number of likely N-dealkylation sites (tertiary alicyclic amines) is 1. The van der Waals surface area contributed by atoms with E-state index in [0.717, 1.165) is 30.8 Å². The van der Waals surface area contributed by atoms with E-state index in [9.17, 15) is 23.8 Å². The second-order valence-corrected chi connectivity index (χ2v) is 19.6. The molecular formula is C39H53N6O8PS. The van der Waals surface area contributed by atoms with E-state index < -0.39 is 54.2 Å².